The van der Waals surface area contributed by atoms with E-state index in [0.29, 0.717) is 11.8 Å². The first kappa shape index (κ1) is 13.9. The van der Waals surface area contributed by atoms with E-state index in [4.69, 9.17) is 4.98 Å². The van der Waals surface area contributed by atoms with Crippen molar-refractivity contribution in [3.63, 3.8) is 0 Å². The summed E-state index contributed by atoms with van der Waals surface area (Å²) in [5, 5.41) is 3.03. The van der Waals surface area contributed by atoms with Crippen molar-refractivity contribution in [3.8, 4) is 0 Å². The van der Waals surface area contributed by atoms with Gasteiger partial charge in [0, 0.05) is 24.2 Å². The van der Waals surface area contributed by atoms with Crippen LogP contribution in [-0.2, 0) is 16.6 Å². The summed E-state index contributed by atoms with van der Waals surface area (Å²) in [6.45, 7) is 0. The number of nitrogens with one attached hydrogen (secondary N) is 1. The molecule has 1 spiro atoms. The summed E-state index contributed by atoms with van der Waals surface area (Å²) in [6, 6.07) is 12.5. The van der Waals surface area contributed by atoms with E-state index in [1.165, 1.54) is 18.4 Å². The Bertz CT molecular complexity index is 898. The highest BCUT2D eigenvalue weighted by Crippen LogP contribution is 2.48. The van der Waals surface area contributed by atoms with Crippen molar-refractivity contribution in [1.82, 2.24) is 10.3 Å². The average Bonchev–Trinajstić information content (AvgIpc) is 3.40. The molecule has 4 nitrogen and oxygen atoms in total. The Morgan fingerprint density at radius 3 is 2.83 bits per heavy atom. The molecule has 1 aromatic heterocycles. The first-order chi connectivity index (χ1) is 11.7. The molecular weight excluding hydrogens is 298 g/mol. The molecule has 1 atom stereocenters. The highest BCUT2D eigenvalue weighted by atomic mass is 16.2. The monoisotopic (exact) mass is 317 g/mol. The first-order valence-corrected chi connectivity index (χ1v) is 8.62. The largest absolute Gasteiger partial charge is 0.309 e. The SMILES string of the molecule is CN=C1NC(=O)[C@@]2(CCc3ccccc32)c2nc(C3CC3)ccc21. The Labute approximate surface area is 141 Å². The van der Waals surface area contributed by atoms with Crippen LogP contribution < -0.4 is 5.32 Å². The summed E-state index contributed by atoms with van der Waals surface area (Å²) in [7, 11) is 1.72. The second kappa shape index (κ2) is 4.76. The van der Waals surface area contributed by atoms with Crippen LogP contribution in [0.25, 0.3) is 0 Å². The van der Waals surface area contributed by atoms with Gasteiger partial charge >= 0.3 is 0 Å². The number of aromatic nitrogens is 1. The minimum Gasteiger partial charge on any atom is -0.309 e. The number of hydrogen-bond acceptors (Lipinski definition) is 3. The van der Waals surface area contributed by atoms with Crippen molar-refractivity contribution in [2.45, 2.75) is 37.0 Å². The number of nitrogens with zero attached hydrogens (tertiary/aromatic N) is 2. The maximum atomic E-state index is 13.2. The van der Waals surface area contributed by atoms with Crippen molar-refractivity contribution in [2.24, 2.45) is 4.99 Å². The highest BCUT2D eigenvalue weighted by Gasteiger charge is 2.52. The number of aliphatic imine (C=N–C) groups is 1. The minimum atomic E-state index is -0.662. The lowest BCUT2D eigenvalue weighted by molar-refractivity contribution is -0.124. The maximum absolute atomic E-state index is 13.2. The molecule has 4 heteroatoms. The van der Waals surface area contributed by atoms with Gasteiger partial charge in [-0.2, -0.15) is 0 Å². The molecular formula is C20H19N3O. The molecule has 0 bridgehead atoms. The van der Waals surface area contributed by atoms with Crippen LogP contribution in [0.15, 0.2) is 41.4 Å². The zero-order chi connectivity index (χ0) is 16.3. The molecule has 1 fully saturated rings. The predicted molar refractivity (Wildman–Crippen MR) is 92.4 cm³/mol. The quantitative estimate of drug-likeness (QED) is 0.879. The minimum absolute atomic E-state index is 0.0148. The second-order valence-corrected chi connectivity index (χ2v) is 7.00. The van der Waals surface area contributed by atoms with E-state index in [9.17, 15) is 4.79 Å². The van der Waals surface area contributed by atoms with Crippen LogP contribution in [0, 0.1) is 0 Å². The van der Waals surface area contributed by atoms with Gasteiger partial charge in [-0.25, -0.2) is 0 Å². The summed E-state index contributed by atoms with van der Waals surface area (Å²) < 4.78 is 0. The fourth-order valence-corrected chi connectivity index (χ4v) is 4.26. The molecule has 2 aliphatic carbocycles. The van der Waals surface area contributed by atoms with Crippen molar-refractivity contribution < 1.29 is 4.79 Å². The van der Waals surface area contributed by atoms with E-state index in [2.05, 4.69) is 34.6 Å². The van der Waals surface area contributed by atoms with Gasteiger partial charge < -0.3 is 5.32 Å². The lowest BCUT2D eigenvalue weighted by Crippen LogP contribution is -2.52. The third-order valence-electron chi connectivity index (χ3n) is 5.66. The summed E-state index contributed by atoms with van der Waals surface area (Å²) >= 11 is 0. The van der Waals surface area contributed by atoms with Crippen LogP contribution in [-0.4, -0.2) is 23.8 Å². The van der Waals surface area contributed by atoms with E-state index in [1.54, 1.807) is 7.05 Å². The normalized spacial score (nSPS) is 26.4. The van der Waals surface area contributed by atoms with Crippen LogP contribution in [0.1, 0.15) is 53.3 Å². The van der Waals surface area contributed by atoms with Gasteiger partial charge in [-0.15, -0.1) is 0 Å². The van der Waals surface area contributed by atoms with Crippen molar-refractivity contribution in [3.05, 3.63) is 64.5 Å². The van der Waals surface area contributed by atoms with E-state index in [-0.39, 0.29) is 5.91 Å². The Morgan fingerprint density at radius 1 is 1.21 bits per heavy atom. The molecule has 1 N–H and O–H groups in total. The highest BCUT2D eigenvalue weighted by molar-refractivity contribution is 6.16. The molecule has 1 saturated carbocycles. The number of amidine groups is 1. The molecule has 24 heavy (non-hydrogen) atoms. The van der Waals surface area contributed by atoms with Gasteiger partial charge in [0.2, 0.25) is 5.91 Å². The topological polar surface area (TPSA) is 54.4 Å². The number of amides is 1. The third kappa shape index (κ3) is 1.71. The van der Waals surface area contributed by atoms with Gasteiger partial charge in [0.25, 0.3) is 0 Å². The van der Waals surface area contributed by atoms with Gasteiger partial charge in [-0.05, 0) is 48.9 Å². The summed E-state index contributed by atoms with van der Waals surface area (Å²) in [5.74, 6) is 1.22. The molecule has 1 aromatic carbocycles. The number of hydrogen-bond donors (Lipinski definition) is 1. The number of fused-ring (bicyclic) bond motifs is 4. The van der Waals surface area contributed by atoms with Crippen LogP contribution in [0.5, 0.6) is 0 Å². The molecule has 3 aliphatic rings. The molecule has 1 amide bonds. The zero-order valence-electron chi connectivity index (χ0n) is 13.7. The van der Waals surface area contributed by atoms with Gasteiger partial charge in [-0.3, -0.25) is 14.8 Å². The van der Waals surface area contributed by atoms with Crippen molar-refractivity contribution in [1.29, 1.82) is 0 Å². The van der Waals surface area contributed by atoms with Gasteiger partial charge in [0.15, 0.2) is 0 Å². The number of carbonyl (C=O) groups excluding carboxylic acids is 1. The van der Waals surface area contributed by atoms with Crippen LogP contribution in [0.2, 0.25) is 0 Å². The Hall–Kier alpha value is -2.49. The fourth-order valence-electron chi connectivity index (χ4n) is 4.26. The molecule has 0 saturated heterocycles. The zero-order valence-corrected chi connectivity index (χ0v) is 13.7. The lowest BCUT2D eigenvalue weighted by Gasteiger charge is -2.35. The van der Waals surface area contributed by atoms with E-state index in [0.717, 1.165) is 35.4 Å². The number of pyridine rings is 1. The lowest BCUT2D eigenvalue weighted by atomic mass is 9.73. The van der Waals surface area contributed by atoms with E-state index < -0.39 is 5.41 Å². The average molecular weight is 317 g/mol. The smallest absolute Gasteiger partial charge is 0.242 e. The third-order valence-corrected chi connectivity index (χ3v) is 5.66. The molecule has 2 aromatic rings. The number of aryl methyl sites for hydroxylation is 1. The molecule has 1 aliphatic heterocycles. The molecule has 5 rings (SSSR count). The van der Waals surface area contributed by atoms with Crippen LogP contribution >= 0.6 is 0 Å². The standard InChI is InChI=1S/C20H19N3O/c1-21-18-14-8-9-16(13-6-7-13)22-17(14)20(19(24)23-18)11-10-12-4-2-3-5-15(12)20/h2-5,8-9,13H,6-7,10-11H2,1H3,(H,21,23,24)/t20-/m1/s1. The van der Waals surface area contributed by atoms with E-state index >= 15 is 0 Å². The number of rotatable bonds is 1. The Morgan fingerprint density at radius 2 is 2.04 bits per heavy atom. The van der Waals surface area contributed by atoms with Gasteiger partial charge in [0.1, 0.15) is 11.3 Å². The van der Waals surface area contributed by atoms with Gasteiger partial charge in [0.05, 0.1) is 5.69 Å². The molecule has 0 radical (unpaired) electrons. The van der Waals surface area contributed by atoms with E-state index in [1.807, 2.05) is 12.1 Å². The van der Waals surface area contributed by atoms with Gasteiger partial charge in [-0.1, -0.05) is 24.3 Å². The summed E-state index contributed by atoms with van der Waals surface area (Å²) in [6.07, 6.45) is 4.10. The Kier molecular flexibility index (Phi) is 2.76. The fraction of sp³-hybridized carbons (Fsp3) is 0.350. The molecule has 0 unspecified atom stereocenters. The maximum Gasteiger partial charge on any atom is 0.242 e. The van der Waals surface area contributed by atoms with Crippen LogP contribution in [0.4, 0.5) is 0 Å². The van der Waals surface area contributed by atoms with Crippen molar-refractivity contribution >= 4 is 11.7 Å². The second-order valence-electron chi connectivity index (χ2n) is 7.00. The Balaban J connectivity index is 1.80. The first-order valence-electron chi connectivity index (χ1n) is 8.62. The van der Waals surface area contributed by atoms with Crippen molar-refractivity contribution in [2.75, 3.05) is 7.05 Å². The predicted octanol–water partition coefficient (Wildman–Crippen LogP) is 2.70. The summed E-state index contributed by atoms with van der Waals surface area (Å²) in [4.78, 5) is 22.5. The molecule has 120 valence electrons. The number of carbonyl (C=O) groups is 1. The summed E-state index contributed by atoms with van der Waals surface area (Å²) in [5.41, 5.74) is 4.71. The molecule has 2 heterocycles. The van der Waals surface area contributed by atoms with Crippen LogP contribution in [0.3, 0.4) is 0 Å². The number of benzene rings is 1.